The van der Waals surface area contributed by atoms with Crippen LogP contribution in [0, 0.1) is 0 Å². The number of aromatic nitrogens is 2. The van der Waals surface area contributed by atoms with Crippen molar-refractivity contribution in [2.45, 2.75) is 19.1 Å². The molecule has 2 N–H and O–H groups in total. The monoisotopic (exact) mass is 430 g/mol. The highest BCUT2D eigenvalue weighted by atomic mass is 35.5. The van der Waals surface area contributed by atoms with Crippen molar-refractivity contribution in [3.05, 3.63) is 70.3 Å². The third-order valence-electron chi connectivity index (χ3n) is 4.54. The quantitative estimate of drug-likeness (QED) is 0.613. The Morgan fingerprint density at radius 3 is 2.83 bits per heavy atom. The van der Waals surface area contributed by atoms with Gasteiger partial charge >= 0.3 is 0 Å². The Bertz CT molecular complexity index is 1110. The fraction of sp³-hybridized carbons (Fsp3) is 0.150. The van der Waals surface area contributed by atoms with Gasteiger partial charge in [-0.15, -0.1) is 0 Å². The van der Waals surface area contributed by atoms with Gasteiger partial charge in [0, 0.05) is 22.3 Å². The fourth-order valence-electron chi connectivity index (χ4n) is 2.90. The van der Waals surface area contributed by atoms with Gasteiger partial charge in [0.05, 0.1) is 12.2 Å². The molecule has 0 bridgehead atoms. The van der Waals surface area contributed by atoms with E-state index in [1.54, 1.807) is 41.2 Å². The molecular formula is C20H16Cl2N4O3. The molecule has 1 unspecified atom stereocenters. The van der Waals surface area contributed by atoms with E-state index in [9.17, 15) is 9.59 Å². The normalized spacial score (nSPS) is 17.8. The molecule has 3 aromatic rings. The van der Waals surface area contributed by atoms with Gasteiger partial charge in [-0.1, -0.05) is 41.4 Å². The summed E-state index contributed by atoms with van der Waals surface area (Å²) in [6.07, 6.45) is 1.71. The van der Waals surface area contributed by atoms with Gasteiger partial charge in [-0.25, -0.2) is 0 Å². The standard InChI is InChI=1S/C20H16Cl2N4O3/c1-20(18(27)23-15-10-13(21)6-7-16(15)29-20)19(28)24-17-8-9-26(25-17)11-12-4-2-3-5-14(12)22/h2-10H,11H2,1H3,(H,23,27)(H,24,25,28). The van der Waals surface area contributed by atoms with E-state index in [1.165, 1.54) is 6.92 Å². The summed E-state index contributed by atoms with van der Waals surface area (Å²) in [5, 5.41) is 10.7. The van der Waals surface area contributed by atoms with Gasteiger partial charge < -0.3 is 15.4 Å². The molecule has 1 atom stereocenters. The molecule has 2 amide bonds. The van der Waals surface area contributed by atoms with E-state index in [2.05, 4.69) is 15.7 Å². The predicted molar refractivity (Wildman–Crippen MR) is 111 cm³/mol. The maximum Gasteiger partial charge on any atom is 0.279 e. The minimum atomic E-state index is -1.76. The zero-order valence-corrected chi connectivity index (χ0v) is 16.8. The average molecular weight is 431 g/mol. The van der Waals surface area contributed by atoms with Gasteiger partial charge in [0.25, 0.3) is 17.4 Å². The van der Waals surface area contributed by atoms with Crippen LogP contribution in [0.15, 0.2) is 54.7 Å². The molecule has 1 aliphatic heterocycles. The van der Waals surface area contributed by atoms with Gasteiger partial charge in [0.1, 0.15) is 5.75 Å². The number of hydrogen-bond acceptors (Lipinski definition) is 4. The number of halogens is 2. The Morgan fingerprint density at radius 2 is 2.03 bits per heavy atom. The van der Waals surface area contributed by atoms with E-state index in [0.29, 0.717) is 33.8 Å². The Labute approximate surface area is 176 Å². The molecule has 9 heteroatoms. The number of carbonyl (C=O) groups is 2. The van der Waals surface area contributed by atoms with Crippen molar-refractivity contribution in [1.82, 2.24) is 9.78 Å². The van der Waals surface area contributed by atoms with Crippen LogP contribution in [0.5, 0.6) is 5.75 Å². The Kier molecular flexibility index (Phi) is 4.94. The van der Waals surface area contributed by atoms with Crippen LogP contribution < -0.4 is 15.4 Å². The van der Waals surface area contributed by atoms with Crippen molar-refractivity contribution in [3.63, 3.8) is 0 Å². The highest BCUT2D eigenvalue weighted by molar-refractivity contribution is 6.31. The molecule has 0 radical (unpaired) electrons. The number of rotatable bonds is 4. The number of fused-ring (bicyclic) bond motifs is 1. The highest BCUT2D eigenvalue weighted by Crippen LogP contribution is 2.36. The zero-order valence-electron chi connectivity index (χ0n) is 15.3. The van der Waals surface area contributed by atoms with Crippen molar-refractivity contribution in [2.75, 3.05) is 10.6 Å². The lowest BCUT2D eigenvalue weighted by atomic mass is 10.0. The summed E-state index contributed by atoms with van der Waals surface area (Å²) in [4.78, 5) is 25.3. The number of carbonyl (C=O) groups excluding carboxylic acids is 2. The molecule has 4 rings (SSSR count). The molecule has 7 nitrogen and oxygen atoms in total. The van der Waals surface area contributed by atoms with Crippen molar-refractivity contribution >= 4 is 46.5 Å². The summed E-state index contributed by atoms with van der Waals surface area (Å²) in [6.45, 7) is 1.84. The molecule has 148 valence electrons. The molecule has 29 heavy (non-hydrogen) atoms. The summed E-state index contributed by atoms with van der Waals surface area (Å²) < 4.78 is 7.34. The number of anilines is 2. The van der Waals surface area contributed by atoms with Gasteiger partial charge in [0.2, 0.25) is 0 Å². The lowest BCUT2D eigenvalue weighted by Crippen LogP contribution is -2.56. The van der Waals surface area contributed by atoms with Crippen molar-refractivity contribution in [1.29, 1.82) is 0 Å². The van der Waals surface area contributed by atoms with Crippen LogP contribution in [0.1, 0.15) is 12.5 Å². The molecule has 0 aliphatic carbocycles. The minimum absolute atomic E-state index is 0.293. The van der Waals surface area contributed by atoms with Gasteiger partial charge in [-0.05, 0) is 36.8 Å². The topological polar surface area (TPSA) is 85.2 Å². The van der Waals surface area contributed by atoms with E-state index in [4.69, 9.17) is 27.9 Å². The molecule has 1 aromatic heterocycles. The maximum absolute atomic E-state index is 12.8. The second-order valence-electron chi connectivity index (χ2n) is 6.67. The number of benzene rings is 2. The van der Waals surface area contributed by atoms with E-state index in [0.717, 1.165) is 5.56 Å². The summed E-state index contributed by atoms with van der Waals surface area (Å²) in [6, 6.07) is 13.8. The maximum atomic E-state index is 12.8. The highest BCUT2D eigenvalue weighted by Gasteiger charge is 2.47. The van der Waals surface area contributed by atoms with Crippen LogP contribution in [0.3, 0.4) is 0 Å². The molecule has 0 saturated heterocycles. The molecule has 0 saturated carbocycles. The van der Waals surface area contributed by atoms with Crippen molar-refractivity contribution in [2.24, 2.45) is 0 Å². The van der Waals surface area contributed by atoms with Crippen molar-refractivity contribution in [3.8, 4) is 5.75 Å². The van der Waals surface area contributed by atoms with Crippen LogP contribution in [0.25, 0.3) is 0 Å². The lowest BCUT2D eigenvalue weighted by molar-refractivity contribution is -0.143. The number of nitrogens with zero attached hydrogens (tertiary/aromatic N) is 2. The molecule has 0 fully saturated rings. The predicted octanol–water partition coefficient (Wildman–Crippen LogP) is 3.97. The third kappa shape index (κ3) is 3.79. The van der Waals surface area contributed by atoms with Crippen LogP contribution >= 0.6 is 23.2 Å². The van der Waals surface area contributed by atoms with E-state index >= 15 is 0 Å². The number of nitrogens with one attached hydrogen (secondary N) is 2. The van der Waals surface area contributed by atoms with Gasteiger partial charge in [-0.2, -0.15) is 5.10 Å². The minimum Gasteiger partial charge on any atom is -0.466 e. The largest absolute Gasteiger partial charge is 0.466 e. The number of amides is 2. The van der Waals surface area contributed by atoms with Gasteiger partial charge in [-0.3, -0.25) is 14.3 Å². The molecular weight excluding hydrogens is 415 g/mol. The second kappa shape index (κ2) is 7.42. The number of ether oxygens (including phenoxy) is 1. The van der Waals surface area contributed by atoms with Gasteiger partial charge in [0.15, 0.2) is 5.82 Å². The lowest BCUT2D eigenvalue weighted by Gasteiger charge is -2.33. The summed E-state index contributed by atoms with van der Waals surface area (Å²) >= 11 is 12.1. The third-order valence-corrected chi connectivity index (χ3v) is 5.15. The van der Waals surface area contributed by atoms with Crippen LogP contribution in [-0.2, 0) is 16.1 Å². The molecule has 0 spiro atoms. The first-order valence-corrected chi connectivity index (χ1v) is 9.49. The first-order chi connectivity index (χ1) is 13.8. The van der Waals surface area contributed by atoms with Crippen molar-refractivity contribution < 1.29 is 14.3 Å². The zero-order chi connectivity index (χ0) is 20.6. The second-order valence-corrected chi connectivity index (χ2v) is 7.52. The molecule has 2 aromatic carbocycles. The smallest absolute Gasteiger partial charge is 0.279 e. The fourth-order valence-corrected chi connectivity index (χ4v) is 3.27. The van der Waals surface area contributed by atoms with E-state index in [1.807, 2.05) is 18.2 Å². The summed E-state index contributed by atoms with van der Waals surface area (Å²) in [7, 11) is 0. The average Bonchev–Trinajstić information content (AvgIpc) is 3.12. The summed E-state index contributed by atoms with van der Waals surface area (Å²) in [5.41, 5.74) is -0.447. The molecule has 2 heterocycles. The SMILES string of the molecule is CC1(C(=O)Nc2ccn(Cc3ccccc3Cl)n2)Oc2ccc(Cl)cc2NC1=O. The number of hydrogen-bond donors (Lipinski definition) is 2. The summed E-state index contributed by atoms with van der Waals surface area (Å²) in [5.74, 6) is -0.587. The van der Waals surface area contributed by atoms with Crippen LogP contribution in [-0.4, -0.2) is 27.2 Å². The Morgan fingerprint density at radius 1 is 1.24 bits per heavy atom. The van der Waals surface area contributed by atoms with Crippen LogP contribution in [0.2, 0.25) is 10.0 Å². The Hall–Kier alpha value is -3.03. The van der Waals surface area contributed by atoms with E-state index < -0.39 is 17.4 Å². The first kappa shape index (κ1) is 19.3. The van der Waals surface area contributed by atoms with E-state index in [-0.39, 0.29) is 0 Å². The Balaban J connectivity index is 1.49. The van der Waals surface area contributed by atoms with Crippen LogP contribution in [0.4, 0.5) is 11.5 Å². The molecule has 1 aliphatic rings. The first-order valence-electron chi connectivity index (χ1n) is 8.73.